The van der Waals surface area contributed by atoms with Gasteiger partial charge in [-0.1, -0.05) is 276 Å². The van der Waals surface area contributed by atoms with Crippen molar-refractivity contribution in [2.45, 2.75) is 348 Å². The van der Waals surface area contributed by atoms with E-state index in [-0.39, 0.29) is 31.1 Å². The van der Waals surface area contributed by atoms with Crippen LogP contribution in [0, 0.1) is 0 Å². The van der Waals surface area contributed by atoms with E-state index in [2.05, 4.69) is 45.1 Å². The molecule has 0 fully saturated rings. The van der Waals surface area contributed by atoms with E-state index < -0.39 is 6.10 Å². The van der Waals surface area contributed by atoms with Crippen LogP contribution in [0.4, 0.5) is 0 Å². The lowest BCUT2D eigenvalue weighted by Crippen LogP contribution is -2.30. The van der Waals surface area contributed by atoms with Crippen molar-refractivity contribution in [3.63, 3.8) is 0 Å². The SMILES string of the molecule is CCCCCCCCCC/C=C\CCCCCCCCCCCCCC(=O)OCC(COC(=O)CCCCCCC)OC(=O)CCCCCCCCCCCCC/C=C\CCCCCCCCCC. The molecule has 69 heavy (non-hydrogen) atoms. The molecule has 0 aromatic heterocycles. The maximum atomic E-state index is 12.8. The molecule has 0 rings (SSSR count). The minimum Gasteiger partial charge on any atom is -0.462 e. The summed E-state index contributed by atoms with van der Waals surface area (Å²) in [5.41, 5.74) is 0. The zero-order valence-electron chi connectivity index (χ0n) is 46.6. The first-order chi connectivity index (χ1) is 34.0. The fraction of sp³-hybridized carbons (Fsp3) is 0.889. The summed E-state index contributed by atoms with van der Waals surface area (Å²) in [6, 6.07) is 0. The van der Waals surface area contributed by atoms with Gasteiger partial charge in [0, 0.05) is 19.3 Å². The van der Waals surface area contributed by atoms with Crippen LogP contribution in [0.2, 0.25) is 0 Å². The minimum atomic E-state index is -0.766. The average molecular weight is 972 g/mol. The zero-order chi connectivity index (χ0) is 50.0. The van der Waals surface area contributed by atoms with E-state index in [1.54, 1.807) is 0 Å². The average Bonchev–Trinajstić information content (AvgIpc) is 3.35. The highest BCUT2D eigenvalue weighted by atomic mass is 16.6. The number of rotatable bonds is 57. The van der Waals surface area contributed by atoms with E-state index in [1.807, 2.05) is 0 Å². The van der Waals surface area contributed by atoms with Gasteiger partial charge in [0.15, 0.2) is 6.10 Å². The fourth-order valence-corrected chi connectivity index (χ4v) is 9.26. The first kappa shape index (κ1) is 66.9. The summed E-state index contributed by atoms with van der Waals surface area (Å²) in [5, 5.41) is 0. The van der Waals surface area contributed by atoms with E-state index in [4.69, 9.17) is 14.2 Å². The molecular formula is C63H118O6. The molecule has 0 saturated carbocycles. The molecule has 6 heteroatoms. The van der Waals surface area contributed by atoms with Crippen molar-refractivity contribution in [3.05, 3.63) is 24.3 Å². The highest BCUT2D eigenvalue weighted by Crippen LogP contribution is 2.17. The van der Waals surface area contributed by atoms with Gasteiger partial charge in [0.05, 0.1) is 0 Å². The van der Waals surface area contributed by atoms with Crippen LogP contribution < -0.4 is 0 Å². The predicted octanol–water partition coefficient (Wildman–Crippen LogP) is 20.7. The van der Waals surface area contributed by atoms with Crippen molar-refractivity contribution in [1.29, 1.82) is 0 Å². The third-order valence-electron chi connectivity index (χ3n) is 13.9. The van der Waals surface area contributed by atoms with Gasteiger partial charge in [0.2, 0.25) is 0 Å². The Morgan fingerprint density at radius 3 is 0.725 bits per heavy atom. The van der Waals surface area contributed by atoms with Crippen molar-refractivity contribution < 1.29 is 28.6 Å². The lowest BCUT2D eigenvalue weighted by molar-refractivity contribution is -0.167. The summed E-state index contributed by atoms with van der Waals surface area (Å²) in [6.45, 7) is 6.61. The van der Waals surface area contributed by atoms with Crippen molar-refractivity contribution in [2.75, 3.05) is 13.2 Å². The molecule has 0 aliphatic carbocycles. The van der Waals surface area contributed by atoms with Crippen molar-refractivity contribution in [1.82, 2.24) is 0 Å². The van der Waals surface area contributed by atoms with Crippen LogP contribution in [0.25, 0.3) is 0 Å². The maximum Gasteiger partial charge on any atom is 0.306 e. The lowest BCUT2D eigenvalue weighted by atomic mass is 10.0. The third-order valence-corrected chi connectivity index (χ3v) is 13.9. The first-order valence-electron chi connectivity index (χ1n) is 30.8. The van der Waals surface area contributed by atoms with E-state index in [0.717, 1.165) is 64.2 Å². The second-order valence-electron chi connectivity index (χ2n) is 21.0. The zero-order valence-corrected chi connectivity index (χ0v) is 46.6. The Balaban J connectivity index is 4.02. The van der Waals surface area contributed by atoms with Gasteiger partial charge in [-0.2, -0.15) is 0 Å². The Morgan fingerprint density at radius 1 is 0.275 bits per heavy atom. The molecule has 0 aliphatic rings. The topological polar surface area (TPSA) is 78.9 Å². The molecule has 0 radical (unpaired) electrons. The monoisotopic (exact) mass is 971 g/mol. The second-order valence-corrected chi connectivity index (χ2v) is 21.0. The smallest absolute Gasteiger partial charge is 0.306 e. The number of carbonyl (C=O) groups is 3. The molecule has 0 saturated heterocycles. The number of carbonyl (C=O) groups excluding carboxylic acids is 3. The van der Waals surface area contributed by atoms with Gasteiger partial charge >= 0.3 is 17.9 Å². The van der Waals surface area contributed by atoms with Crippen LogP contribution >= 0.6 is 0 Å². The van der Waals surface area contributed by atoms with Crippen LogP contribution in [0.5, 0.6) is 0 Å². The Labute approximate surface area is 430 Å². The van der Waals surface area contributed by atoms with Gasteiger partial charge in [-0.05, 0) is 70.6 Å². The lowest BCUT2D eigenvalue weighted by Gasteiger charge is -2.18. The van der Waals surface area contributed by atoms with Gasteiger partial charge in [-0.15, -0.1) is 0 Å². The Hall–Kier alpha value is -2.11. The number of allylic oxidation sites excluding steroid dienone is 4. The van der Waals surface area contributed by atoms with Crippen LogP contribution in [0.3, 0.4) is 0 Å². The molecule has 0 heterocycles. The summed E-state index contributed by atoms with van der Waals surface area (Å²) in [6.07, 6.45) is 69.5. The molecule has 0 N–H and O–H groups in total. The molecule has 0 bridgehead atoms. The fourth-order valence-electron chi connectivity index (χ4n) is 9.26. The van der Waals surface area contributed by atoms with Crippen LogP contribution in [-0.4, -0.2) is 37.2 Å². The number of hydrogen-bond donors (Lipinski definition) is 0. The standard InChI is InChI=1S/C63H118O6/c1-4-7-10-13-15-17-19-21-23-25-27-29-31-33-35-37-39-41-43-45-47-50-53-56-62(65)68-59-60(58-67-61(64)55-52-49-12-9-6-3)69-63(66)57-54-51-48-46-44-42-40-38-36-34-32-30-28-26-24-22-20-18-16-14-11-8-5-2/h25-28,60H,4-24,29-59H2,1-3H3/b27-25-,28-26-. The van der Waals surface area contributed by atoms with Crippen molar-refractivity contribution in [3.8, 4) is 0 Å². The van der Waals surface area contributed by atoms with E-state index in [9.17, 15) is 14.4 Å². The molecule has 0 aromatic rings. The summed E-state index contributed by atoms with van der Waals surface area (Å²) in [5.74, 6) is -0.865. The minimum absolute atomic E-state index is 0.0686. The quantitative estimate of drug-likeness (QED) is 0.0261. The Bertz CT molecular complexity index is 1110. The van der Waals surface area contributed by atoms with E-state index >= 15 is 0 Å². The third kappa shape index (κ3) is 56.7. The maximum absolute atomic E-state index is 12.8. The van der Waals surface area contributed by atoms with Crippen molar-refractivity contribution >= 4 is 17.9 Å². The number of ether oxygens (including phenoxy) is 3. The van der Waals surface area contributed by atoms with E-state index in [0.29, 0.717) is 19.3 Å². The van der Waals surface area contributed by atoms with Gasteiger partial charge < -0.3 is 14.2 Å². The molecule has 0 aliphatic heterocycles. The molecule has 0 aromatic carbocycles. The van der Waals surface area contributed by atoms with Crippen LogP contribution in [0.1, 0.15) is 342 Å². The second kappa shape index (κ2) is 58.5. The number of hydrogen-bond acceptors (Lipinski definition) is 6. The molecule has 6 nitrogen and oxygen atoms in total. The summed E-state index contributed by atoms with van der Waals surface area (Å²) in [7, 11) is 0. The van der Waals surface area contributed by atoms with Gasteiger partial charge in [0.1, 0.15) is 13.2 Å². The highest BCUT2D eigenvalue weighted by Gasteiger charge is 2.19. The molecule has 1 atom stereocenters. The normalized spacial score (nSPS) is 12.1. The van der Waals surface area contributed by atoms with Crippen LogP contribution in [-0.2, 0) is 28.6 Å². The first-order valence-corrected chi connectivity index (χ1v) is 30.8. The van der Waals surface area contributed by atoms with Crippen LogP contribution in [0.15, 0.2) is 24.3 Å². The molecule has 406 valence electrons. The predicted molar refractivity (Wildman–Crippen MR) is 298 cm³/mol. The highest BCUT2D eigenvalue weighted by molar-refractivity contribution is 5.71. The number of esters is 3. The molecule has 1 unspecified atom stereocenters. The summed E-state index contributed by atoms with van der Waals surface area (Å²) in [4.78, 5) is 37.9. The van der Waals surface area contributed by atoms with Gasteiger partial charge in [-0.25, -0.2) is 0 Å². The van der Waals surface area contributed by atoms with Gasteiger partial charge in [0.25, 0.3) is 0 Å². The Morgan fingerprint density at radius 2 is 0.478 bits per heavy atom. The van der Waals surface area contributed by atoms with Crippen molar-refractivity contribution in [2.24, 2.45) is 0 Å². The molecule has 0 amide bonds. The van der Waals surface area contributed by atoms with Gasteiger partial charge in [-0.3, -0.25) is 14.4 Å². The molecular weight excluding hydrogens is 853 g/mol. The summed E-state index contributed by atoms with van der Waals surface area (Å²) < 4.78 is 16.8. The largest absolute Gasteiger partial charge is 0.462 e. The number of unbranched alkanes of at least 4 members (excludes halogenated alkanes) is 42. The Kier molecular flexibility index (Phi) is 56.7. The van der Waals surface area contributed by atoms with E-state index in [1.165, 1.54) is 238 Å². The molecule has 0 spiro atoms. The summed E-state index contributed by atoms with van der Waals surface area (Å²) >= 11 is 0.